The molecule has 5 heteroatoms. The zero-order chi connectivity index (χ0) is 20.9. The summed E-state index contributed by atoms with van der Waals surface area (Å²) in [4.78, 5) is -0.373. The summed E-state index contributed by atoms with van der Waals surface area (Å²) < 4.78 is 33.5. The molecule has 156 valence electrons. The fourth-order valence-electron chi connectivity index (χ4n) is 3.62. The van der Waals surface area contributed by atoms with E-state index < -0.39 is 10.1 Å². The monoisotopic (exact) mass is 398 g/mol. The van der Waals surface area contributed by atoms with Gasteiger partial charge in [-0.2, -0.15) is 8.42 Å². The molecule has 0 saturated carbocycles. The van der Waals surface area contributed by atoms with Crippen LogP contribution >= 0.6 is 0 Å². The Morgan fingerprint density at radius 2 is 1.33 bits per heavy atom. The third-order valence-electron chi connectivity index (χ3n) is 5.67. The van der Waals surface area contributed by atoms with Gasteiger partial charge < -0.3 is 5.11 Å². The third kappa shape index (κ3) is 6.49. The first kappa shape index (κ1) is 24.0. The first-order chi connectivity index (χ1) is 12.4. The molecule has 0 atom stereocenters. The van der Waals surface area contributed by atoms with Crippen molar-refractivity contribution in [3.8, 4) is 5.75 Å². The molecule has 2 N–H and O–H groups in total. The van der Waals surface area contributed by atoms with Crippen molar-refractivity contribution in [1.82, 2.24) is 0 Å². The molecule has 0 heterocycles. The van der Waals surface area contributed by atoms with Gasteiger partial charge in [0.1, 0.15) is 10.6 Å². The highest BCUT2D eigenvalue weighted by Crippen LogP contribution is 2.42. The first-order valence-electron chi connectivity index (χ1n) is 10.2. The number of phenols is 1. The number of unbranched alkanes of at least 4 members (excludes halogenated alkanes) is 4. The zero-order valence-corrected chi connectivity index (χ0v) is 18.7. The van der Waals surface area contributed by atoms with Crippen molar-refractivity contribution in [2.24, 2.45) is 0 Å². The molecule has 0 amide bonds. The lowest BCUT2D eigenvalue weighted by Crippen LogP contribution is -2.23. The summed E-state index contributed by atoms with van der Waals surface area (Å²) in [5.41, 5.74) is 0.833. The van der Waals surface area contributed by atoms with Gasteiger partial charge in [0.05, 0.1) is 0 Å². The van der Waals surface area contributed by atoms with Crippen LogP contribution in [-0.2, 0) is 20.9 Å². The predicted octanol–water partition coefficient (Wildman–Crippen LogP) is 6.35. The Bertz CT molecular complexity index is 718. The van der Waals surface area contributed by atoms with Gasteiger partial charge in [-0.15, -0.1) is 0 Å². The molecule has 0 aromatic heterocycles. The number of phenolic OH excluding ortho intramolecular Hbond substituents is 1. The van der Waals surface area contributed by atoms with Crippen molar-refractivity contribution in [2.45, 2.75) is 109 Å². The minimum atomic E-state index is -4.50. The smallest absolute Gasteiger partial charge is 0.298 e. The fraction of sp³-hybridized carbons (Fsp3) is 0.727. The van der Waals surface area contributed by atoms with Gasteiger partial charge in [-0.05, 0) is 35.3 Å². The predicted molar refractivity (Wildman–Crippen MR) is 112 cm³/mol. The van der Waals surface area contributed by atoms with E-state index in [0.717, 1.165) is 56.9 Å². The molecule has 0 fully saturated rings. The highest BCUT2D eigenvalue weighted by molar-refractivity contribution is 7.86. The normalized spacial score (nSPS) is 13.1. The maximum absolute atomic E-state index is 11.9. The topological polar surface area (TPSA) is 74.6 Å². The van der Waals surface area contributed by atoms with Gasteiger partial charge >= 0.3 is 0 Å². The molecule has 4 nitrogen and oxygen atoms in total. The van der Waals surface area contributed by atoms with Crippen LogP contribution in [0.3, 0.4) is 0 Å². The summed E-state index contributed by atoms with van der Waals surface area (Å²) in [5.74, 6) is -0.313. The molecule has 0 aliphatic carbocycles. The quantitative estimate of drug-likeness (QED) is 0.336. The van der Waals surface area contributed by atoms with Gasteiger partial charge in [0, 0.05) is 5.56 Å². The van der Waals surface area contributed by atoms with Crippen LogP contribution in [0.25, 0.3) is 0 Å². The average molecular weight is 399 g/mol. The molecule has 0 bridgehead atoms. The summed E-state index contributed by atoms with van der Waals surface area (Å²) in [5, 5.41) is 10.7. The SMILES string of the molecule is CCCCCC(C)(C)c1cc(C(C)(C)CCCCC)c(O)c(S(=O)(=O)O)c1. The van der Waals surface area contributed by atoms with Crippen LogP contribution < -0.4 is 0 Å². The summed E-state index contributed by atoms with van der Waals surface area (Å²) in [6.45, 7) is 12.5. The fourth-order valence-corrected chi connectivity index (χ4v) is 4.25. The first-order valence-corrected chi connectivity index (χ1v) is 11.7. The molecule has 0 radical (unpaired) electrons. The zero-order valence-electron chi connectivity index (χ0n) is 17.9. The molecule has 0 unspecified atom stereocenters. The Hall–Kier alpha value is -1.07. The lowest BCUT2D eigenvalue weighted by atomic mass is 9.74. The number of hydrogen-bond acceptors (Lipinski definition) is 3. The van der Waals surface area contributed by atoms with E-state index in [1.54, 1.807) is 0 Å². The minimum Gasteiger partial charge on any atom is -0.506 e. The van der Waals surface area contributed by atoms with Crippen molar-refractivity contribution in [3.05, 3.63) is 23.3 Å². The minimum absolute atomic E-state index is 0.240. The van der Waals surface area contributed by atoms with E-state index in [2.05, 4.69) is 27.7 Å². The molecule has 1 aromatic carbocycles. The molecule has 1 rings (SSSR count). The lowest BCUT2D eigenvalue weighted by molar-refractivity contribution is 0.390. The Balaban J connectivity index is 3.46. The van der Waals surface area contributed by atoms with Crippen molar-refractivity contribution in [3.63, 3.8) is 0 Å². The third-order valence-corrected chi connectivity index (χ3v) is 6.54. The highest BCUT2D eigenvalue weighted by atomic mass is 32.2. The van der Waals surface area contributed by atoms with E-state index in [4.69, 9.17) is 0 Å². The number of benzene rings is 1. The molecule has 0 aliphatic rings. The number of rotatable bonds is 11. The molecular formula is C22H38O4S. The Labute approximate surface area is 166 Å². The van der Waals surface area contributed by atoms with Gasteiger partial charge in [-0.25, -0.2) is 0 Å². The number of aromatic hydroxyl groups is 1. The molecule has 27 heavy (non-hydrogen) atoms. The van der Waals surface area contributed by atoms with Gasteiger partial charge in [0.2, 0.25) is 0 Å². The second-order valence-corrected chi connectivity index (χ2v) is 10.4. The van der Waals surface area contributed by atoms with E-state index >= 15 is 0 Å². The molecule has 0 aliphatic heterocycles. The van der Waals surface area contributed by atoms with Crippen molar-refractivity contribution in [2.75, 3.05) is 0 Å². The van der Waals surface area contributed by atoms with Crippen LogP contribution in [-0.4, -0.2) is 18.1 Å². The van der Waals surface area contributed by atoms with Gasteiger partial charge in [-0.3, -0.25) is 4.55 Å². The molecule has 1 aromatic rings. The summed E-state index contributed by atoms with van der Waals surface area (Å²) in [7, 11) is -4.50. The summed E-state index contributed by atoms with van der Waals surface area (Å²) >= 11 is 0. The van der Waals surface area contributed by atoms with Crippen LogP contribution in [0.2, 0.25) is 0 Å². The van der Waals surface area contributed by atoms with Crippen molar-refractivity contribution in [1.29, 1.82) is 0 Å². The second-order valence-electron chi connectivity index (χ2n) is 9.03. The highest BCUT2D eigenvalue weighted by Gasteiger charge is 2.32. The molecule has 0 saturated heterocycles. The van der Waals surface area contributed by atoms with Crippen LogP contribution in [0.5, 0.6) is 5.75 Å². The van der Waals surface area contributed by atoms with Crippen molar-refractivity contribution < 1.29 is 18.1 Å². The average Bonchev–Trinajstić information content (AvgIpc) is 2.53. The Kier molecular flexibility index (Phi) is 8.36. The van der Waals surface area contributed by atoms with Gasteiger partial charge in [0.15, 0.2) is 0 Å². The second kappa shape index (κ2) is 9.42. The van der Waals surface area contributed by atoms with Crippen LogP contribution in [0.15, 0.2) is 17.0 Å². The molecular weight excluding hydrogens is 360 g/mol. The Morgan fingerprint density at radius 1 is 0.852 bits per heavy atom. The number of hydrogen-bond donors (Lipinski definition) is 2. The van der Waals surface area contributed by atoms with Crippen LogP contribution in [0, 0.1) is 0 Å². The van der Waals surface area contributed by atoms with E-state index in [9.17, 15) is 18.1 Å². The van der Waals surface area contributed by atoms with E-state index in [1.165, 1.54) is 6.07 Å². The van der Waals surface area contributed by atoms with Gasteiger partial charge in [-0.1, -0.05) is 86.1 Å². The standard InChI is InChI=1S/C22H38O4S/c1-7-9-11-13-21(3,4)17-15-18(22(5,6)14-12-10-8-2)20(23)19(16-17)27(24,25)26/h15-16,23H,7-14H2,1-6H3,(H,24,25,26). The van der Waals surface area contributed by atoms with Crippen molar-refractivity contribution >= 4 is 10.1 Å². The van der Waals surface area contributed by atoms with E-state index in [-0.39, 0.29) is 21.5 Å². The van der Waals surface area contributed by atoms with Gasteiger partial charge in [0.25, 0.3) is 10.1 Å². The maximum atomic E-state index is 11.9. The lowest BCUT2D eigenvalue weighted by Gasteiger charge is -2.31. The maximum Gasteiger partial charge on any atom is 0.298 e. The Morgan fingerprint density at radius 3 is 1.78 bits per heavy atom. The summed E-state index contributed by atoms with van der Waals surface area (Å²) in [6.07, 6.45) is 8.28. The van der Waals surface area contributed by atoms with Crippen LogP contribution in [0.1, 0.15) is 104 Å². The summed E-state index contributed by atoms with van der Waals surface area (Å²) in [6, 6.07) is 3.39. The van der Waals surface area contributed by atoms with E-state index in [0.29, 0.717) is 5.56 Å². The molecule has 0 spiro atoms. The van der Waals surface area contributed by atoms with Crippen LogP contribution in [0.4, 0.5) is 0 Å². The van der Waals surface area contributed by atoms with E-state index in [1.807, 2.05) is 19.9 Å². The largest absolute Gasteiger partial charge is 0.506 e.